The van der Waals surface area contributed by atoms with Crippen molar-refractivity contribution < 1.29 is 4.79 Å². The average molecular weight is 313 g/mol. The Morgan fingerprint density at radius 1 is 1.18 bits per heavy atom. The number of benzene rings is 1. The van der Waals surface area contributed by atoms with Crippen LogP contribution in [0, 0.1) is 0 Å². The van der Waals surface area contributed by atoms with Gasteiger partial charge in [0.1, 0.15) is 5.01 Å². The second-order valence-corrected chi connectivity index (χ2v) is 6.39. The minimum Gasteiger partial charge on any atom is -0.273 e. The Hall–Kier alpha value is -2.01. The molecule has 1 aromatic heterocycles. The highest BCUT2D eigenvalue weighted by atomic mass is 32.1. The number of hydrogen-bond donors (Lipinski definition) is 1. The van der Waals surface area contributed by atoms with Gasteiger partial charge >= 0.3 is 0 Å². The van der Waals surface area contributed by atoms with E-state index in [1.807, 2.05) is 35.7 Å². The van der Waals surface area contributed by atoms with E-state index in [0.717, 1.165) is 34.8 Å². The Balaban J connectivity index is 1.57. The molecule has 1 aliphatic rings. The molecule has 1 aliphatic carbocycles. The molecule has 1 fully saturated rings. The van der Waals surface area contributed by atoms with Crippen LogP contribution >= 0.6 is 11.3 Å². The van der Waals surface area contributed by atoms with Gasteiger partial charge in [-0.2, -0.15) is 5.10 Å². The van der Waals surface area contributed by atoms with Crippen LogP contribution in [-0.4, -0.2) is 16.6 Å². The van der Waals surface area contributed by atoms with Crippen LogP contribution in [0.2, 0.25) is 0 Å². The summed E-state index contributed by atoms with van der Waals surface area (Å²) >= 11 is 1.51. The van der Waals surface area contributed by atoms with Gasteiger partial charge in [0, 0.05) is 16.7 Å². The van der Waals surface area contributed by atoms with E-state index in [2.05, 4.69) is 15.5 Å². The van der Waals surface area contributed by atoms with Crippen LogP contribution in [0.1, 0.15) is 37.1 Å². The summed E-state index contributed by atoms with van der Waals surface area (Å²) < 4.78 is 0. The van der Waals surface area contributed by atoms with Crippen LogP contribution in [-0.2, 0) is 11.2 Å². The van der Waals surface area contributed by atoms with E-state index >= 15 is 0 Å². The molecule has 0 aliphatic heterocycles. The Morgan fingerprint density at radius 3 is 2.73 bits per heavy atom. The number of hydrazone groups is 1. The third-order valence-electron chi connectivity index (χ3n) is 3.70. The van der Waals surface area contributed by atoms with Crippen LogP contribution in [0.25, 0.3) is 11.3 Å². The van der Waals surface area contributed by atoms with Crippen molar-refractivity contribution in [3.8, 4) is 11.3 Å². The molecule has 1 aromatic carbocycles. The third-order valence-corrected chi connectivity index (χ3v) is 4.55. The first-order valence-corrected chi connectivity index (χ1v) is 8.53. The van der Waals surface area contributed by atoms with Gasteiger partial charge in [0.2, 0.25) is 5.91 Å². The summed E-state index contributed by atoms with van der Waals surface area (Å²) in [4.78, 5) is 16.5. The summed E-state index contributed by atoms with van der Waals surface area (Å²) in [5.74, 6) is -0.0907. The van der Waals surface area contributed by atoms with Crippen LogP contribution in [0.4, 0.5) is 0 Å². The van der Waals surface area contributed by atoms with Gasteiger partial charge in [-0.3, -0.25) is 4.79 Å². The lowest BCUT2D eigenvalue weighted by Gasteiger charge is -2.11. The van der Waals surface area contributed by atoms with Crippen molar-refractivity contribution in [1.29, 1.82) is 0 Å². The Bertz CT molecular complexity index is 656. The Labute approximate surface area is 134 Å². The van der Waals surface area contributed by atoms with E-state index in [4.69, 9.17) is 0 Å². The molecular weight excluding hydrogens is 294 g/mol. The molecule has 0 saturated heterocycles. The number of aromatic nitrogens is 1. The van der Waals surface area contributed by atoms with Crippen LogP contribution in [0.3, 0.4) is 0 Å². The highest BCUT2D eigenvalue weighted by Gasteiger charge is 2.10. The first kappa shape index (κ1) is 14.9. The van der Waals surface area contributed by atoms with Crippen molar-refractivity contribution in [2.24, 2.45) is 5.10 Å². The lowest BCUT2D eigenvalue weighted by molar-refractivity contribution is -0.120. The largest absolute Gasteiger partial charge is 0.273 e. The van der Waals surface area contributed by atoms with Crippen molar-refractivity contribution in [2.75, 3.05) is 0 Å². The third kappa shape index (κ3) is 4.01. The van der Waals surface area contributed by atoms with E-state index in [9.17, 15) is 4.79 Å². The van der Waals surface area contributed by atoms with Crippen molar-refractivity contribution >= 4 is 23.0 Å². The molecule has 1 heterocycles. The van der Waals surface area contributed by atoms with E-state index in [-0.39, 0.29) is 12.3 Å². The number of amides is 1. The van der Waals surface area contributed by atoms with Crippen LogP contribution in [0.15, 0.2) is 40.8 Å². The van der Waals surface area contributed by atoms with Gasteiger partial charge in [-0.25, -0.2) is 10.4 Å². The summed E-state index contributed by atoms with van der Waals surface area (Å²) in [5, 5.41) is 7.05. The van der Waals surface area contributed by atoms with Gasteiger partial charge < -0.3 is 0 Å². The predicted molar refractivity (Wildman–Crippen MR) is 89.9 cm³/mol. The number of hydrogen-bond acceptors (Lipinski definition) is 4. The normalized spacial score (nSPS) is 14.6. The maximum absolute atomic E-state index is 11.9. The van der Waals surface area contributed by atoms with Crippen molar-refractivity contribution in [2.45, 2.75) is 38.5 Å². The molecule has 3 rings (SSSR count). The summed E-state index contributed by atoms with van der Waals surface area (Å²) in [7, 11) is 0. The molecule has 5 heteroatoms. The first-order chi connectivity index (χ1) is 10.8. The van der Waals surface area contributed by atoms with E-state index in [1.165, 1.54) is 30.6 Å². The minimum absolute atomic E-state index is 0.0907. The van der Waals surface area contributed by atoms with E-state index in [1.54, 1.807) is 0 Å². The second kappa shape index (κ2) is 7.31. The molecule has 0 spiro atoms. The number of nitrogens with zero attached hydrogens (tertiary/aromatic N) is 2. The highest BCUT2D eigenvalue weighted by Crippen LogP contribution is 2.21. The van der Waals surface area contributed by atoms with Crippen LogP contribution in [0.5, 0.6) is 0 Å². The summed E-state index contributed by atoms with van der Waals surface area (Å²) in [5.41, 5.74) is 5.78. The molecule has 4 nitrogen and oxygen atoms in total. The lowest BCUT2D eigenvalue weighted by Crippen LogP contribution is -2.22. The molecular formula is C17H19N3OS. The van der Waals surface area contributed by atoms with Gasteiger partial charge in [-0.15, -0.1) is 11.3 Å². The topological polar surface area (TPSA) is 54.4 Å². The maximum Gasteiger partial charge on any atom is 0.246 e. The standard InChI is InChI=1S/C17H19N3OS/c21-16(20-19-14-9-5-2-6-10-14)11-17-18-15(12-22-17)13-7-3-1-4-8-13/h1,3-4,7-8,12H,2,5-6,9-11H2,(H,20,21). The summed E-state index contributed by atoms with van der Waals surface area (Å²) in [6.07, 6.45) is 5.94. The fourth-order valence-electron chi connectivity index (χ4n) is 2.52. The zero-order chi connectivity index (χ0) is 15.2. The maximum atomic E-state index is 11.9. The number of carbonyl (C=O) groups is 1. The van der Waals surface area contributed by atoms with Gasteiger partial charge in [-0.1, -0.05) is 36.8 Å². The first-order valence-electron chi connectivity index (χ1n) is 7.65. The van der Waals surface area contributed by atoms with E-state index < -0.39 is 0 Å². The minimum atomic E-state index is -0.0907. The SMILES string of the molecule is O=C(Cc1nc(-c2ccccc2)cs1)NN=C1CCCCC1. The van der Waals surface area contributed by atoms with Gasteiger partial charge in [0.15, 0.2) is 0 Å². The molecule has 0 atom stereocenters. The number of nitrogens with one attached hydrogen (secondary N) is 1. The molecule has 2 aromatic rings. The predicted octanol–water partition coefficient (Wildman–Crippen LogP) is 3.79. The lowest BCUT2D eigenvalue weighted by atomic mass is 9.99. The van der Waals surface area contributed by atoms with Crippen molar-refractivity contribution in [3.05, 3.63) is 40.7 Å². The zero-order valence-electron chi connectivity index (χ0n) is 12.4. The average Bonchev–Trinajstić information content (AvgIpc) is 3.03. The zero-order valence-corrected chi connectivity index (χ0v) is 13.2. The fourth-order valence-corrected chi connectivity index (χ4v) is 3.33. The highest BCUT2D eigenvalue weighted by molar-refractivity contribution is 7.10. The molecule has 1 amide bonds. The fraction of sp³-hybridized carbons (Fsp3) is 0.353. The molecule has 22 heavy (non-hydrogen) atoms. The Morgan fingerprint density at radius 2 is 1.95 bits per heavy atom. The van der Waals surface area contributed by atoms with Crippen LogP contribution < -0.4 is 5.43 Å². The monoisotopic (exact) mass is 313 g/mol. The molecule has 1 N–H and O–H groups in total. The quantitative estimate of drug-likeness (QED) is 0.873. The summed E-state index contributed by atoms with van der Waals surface area (Å²) in [6.45, 7) is 0. The second-order valence-electron chi connectivity index (χ2n) is 5.44. The van der Waals surface area contributed by atoms with Crippen molar-refractivity contribution in [3.63, 3.8) is 0 Å². The number of thiazole rings is 1. The molecule has 1 saturated carbocycles. The Kier molecular flexibility index (Phi) is 4.96. The molecule has 0 radical (unpaired) electrons. The molecule has 114 valence electrons. The smallest absolute Gasteiger partial charge is 0.246 e. The van der Waals surface area contributed by atoms with Gasteiger partial charge in [0.25, 0.3) is 0 Å². The molecule has 0 unspecified atom stereocenters. The molecule has 0 bridgehead atoms. The van der Waals surface area contributed by atoms with Gasteiger partial charge in [0.05, 0.1) is 12.1 Å². The number of rotatable bonds is 4. The van der Waals surface area contributed by atoms with Crippen molar-refractivity contribution in [1.82, 2.24) is 10.4 Å². The van der Waals surface area contributed by atoms with Gasteiger partial charge in [-0.05, 0) is 25.7 Å². The summed E-state index contributed by atoms with van der Waals surface area (Å²) in [6, 6.07) is 10.00. The number of carbonyl (C=O) groups excluding carboxylic acids is 1. The van der Waals surface area contributed by atoms with E-state index in [0.29, 0.717) is 0 Å².